The summed E-state index contributed by atoms with van der Waals surface area (Å²) in [7, 11) is 6.00. The van der Waals surface area contributed by atoms with E-state index in [0.717, 1.165) is 0 Å². The lowest BCUT2D eigenvalue weighted by Crippen LogP contribution is -2.26. The maximum atomic E-state index is 10.4. The molecule has 0 fully saturated rings. The van der Waals surface area contributed by atoms with Crippen molar-refractivity contribution < 1.29 is 9.28 Å². The van der Waals surface area contributed by atoms with Gasteiger partial charge in [0, 0.05) is 6.08 Å². The normalized spacial score (nSPS) is 12.4. The number of carbonyl (C=O) groups excluding carboxylic acids is 1. The van der Waals surface area contributed by atoms with Crippen LogP contribution in [-0.4, -0.2) is 31.4 Å². The highest BCUT2D eigenvalue weighted by Crippen LogP contribution is 1.90. The molecule has 0 saturated heterocycles. The lowest BCUT2D eigenvalue weighted by atomic mass is 10.4. The van der Waals surface area contributed by atoms with E-state index in [2.05, 4.69) is 0 Å². The zero-order chi connectivity index (χ0) is 7.49. The Morgan fingerprint density at radius 3 is 1.89 bits per heavy atom. The molecule has 52 valence electrons. The van der Waals surface area contributed by atoms with Gasteiger partial charge in [-0.1, -0.05) is 0 Å². The van der Waals surface area contributed by atoms with E-state index in [9.17, 15) is 4.79 Å². The molecule has 0 heterocycles. The van der Waals surface area contributed by atoms with E-state index in [1.807, 2.05) is 27.3 Å². The molecule has 0 unspecified atom stereocenters. The van der Waals surface area contributed by atoms with Crippen LogP contribution in [0.2, 0.25) is 0 Å². The Morgan fingerprint density at radius 1 is 1.33 bits per heavy atom. The molecule has 0 rings (SSSR count). The summed E-state index contributed by atoms with van der Waals surface area (Å²) >= 11 is 0. The molecule has 0 aliphatic rings. The van der Waals surface area contributed by atoms with Gasteiger partial charge in [0.2, 0.25) is 0 Å². The average molecular weight is 128 g/mol. The zero-order valence-corrected chi connectivity index (χ0v) is 6.51. The standard InChI is InChI=1S/C7H14NO/c1-7(9)5-6-8(2,3)4/h5-6H,1-4H3/q+1/b6-5-. The van der Waals surface area contributed by atoms with Crippen molar-refractivity contribution in [2.24, 2.45) is 0 Å². The van der Waals surface area contributed by atoms with Gasteiger partial charge in [-0.2, -0.15) is 0 Å². The quantitative estimate of drug-likeness (QED) is 0.397. The molecular formula is C7H14NO+. The molecule has 0 aromatic heterocycles. The summed E-state index contributed by atoms with van der Waals surface area (Å²) in [6.45, 7) is 1.55. The lowest BCUT2D eigenvalue weighted by Gasteiger charge is -2.16. The van der Waals surface area contributed by atoms with Gasteiger partial charge in [0.1, 0.15) is 0 Å². The molecule has 0 atom stereocenters. The van der Waals surface area contributed by atoms with Crippen LogP contribution in [0.3, 0.4) is 0 Å². The molecule has 2 nitrogen and oxygen atoms in total. The van der Waals surface area contributed by atoms with Gasteiger partial charge in [-0.25, -0.2) is 0 Å². The summed E-state index contributed by atoms with van der Waals surface area (Å²) in [5.41, 5.74) is 0. The number of carbonyl (C=O) groups is 1. The van der Waals surface area contributed by atoms with Gasteiger partial charge in [0.15, 0.2) is 5.78 Å². The summed E-state index contributed by atoms with van der Waals surface area (Å²) < 4.78 is 0.694. The molecule has 0 radical (unpaired) electrons. The van der Waals surface area contributed by atoms with Crippen molar-refractivity contribution in [3.63, 3.8) is 0 Å². The first-order valence-electron chi connectivity index (χ1n) is 2.93. The second-order valence-corrected chi connectivity index (χ2v) is 3.04. The van der Waals surface area contributed by atoms with Gasteiger partial charge >= 0.3 is 0 Å². The van der Waals surface area contributed by atoms with E-state index in [0.29, 0.717) is 4.48 Å². The largest absolute Gasteiger partial charge is 0.304 e. The van der Waals surface area contributed by atoms with Crippen molar-refractivity contribution in [1.82, 2.24) is 0 Å². The van der Waals surface area contributed by atoms with Crippen LogP contribution in [0.4, 0.5) is 0 Å². The highest BCUT2D eigenvalue weighted by molar-refractivity contribution is 5.86. The minimum Gasteiger partial charge on any atom is -0.304 e. The molecule has 0 aliphatic heterocycles. The predicted molar refractivity (Wildman–Crippen MR) is 37.9 cm³/mol. The number of rotatable bonds is 2. The third-order valence-corrected chi connectivity index (χ3v) is 0.756. The van der Waals surface area contributed by atoms with E-state index in [4.69, 9.17) is 0 Å². The van der Waals surface area contributed by atoms with E-state index in [1.165, 1.54) is 0 Å². The Hall–Kier alpha value is -0.630. The van der Waals surface area contributed by atoms with Crippen molar-refractivity contribution in [2.75, 3.05) is 21.1 Å². The van der Waals surface area contributed by atoms with Crippen molar-refractivity contribution >= 4 is 5.78 Å². The molecule has 2 heteroatoms. The molecular weight excluding hydrogens is 114 g/mol. The molecule has 9 heavy (non-hydrogen) atoms. The molecule has 0 amide bonds. The number of nitrogens with zero attached hydrogens (tertiary/aromatic N) is 1. The first-order chi connectivity index (χ1) is 3.92. The summed E-state index contributed by atoms with van der Waals surface area (Å²) in [6, 6.07) is 0. The molecule has 0 aliphatic carbocycles. The van der Waals surface area contributed by atoms with Crippen LogP contribution in [0.15, 0.2) is 12.3 Å². The Labute approximate surface area is 56.4 Å². The fourth-order valence-electron chi connectivity index (χ4n) is 0.329. The second-order valence-electron chi connectivity index (χ2n) is 3.04. The average Bonchev–Trinajstić information content (AvgIpc) is 1.59. The molecule has 0 bridgehead atoms. The van der Waals surface area contributed by atoms with Crippen LogP contribution in [-0.2, 0) is 4.79 Å². The third kappa shape index (κ3) is 7.37. The summed E-state index contributed by atoms with van der Waals surface area (Å²) in [5, 5.41) is 0. The first-order valence-corrected chi connectivity index (χ1v) is 2.93. The fourth-order valence-corrected chi connectivity index (χ4v) is 0.329. The maximum Gasteiger partial charge on any atom is 0.157 e. The summed E-state index contributed by atoms with van der Waals surface area (Å²) in [6.07, 6.45) is 3.43. The highest BCUT2D eigenvalue weighted by Gasteiger charge is 1.99. The SMILES string of the molecule is CC(=O)/C=C\[N+](C)(C)C. The number of hydrogen-bond donors (Lipinski definition) is 0. The number of allylic oxidation sites excluding steroid dienone is 1. The minimum absolute atomic E-state index is 0.100. The lowest BCUT2D eigenvalue weighted by molar-refractivity contribution is -0.817. The number of quaternary nitrogens is 1. The van der Waals surface area contributed by atoms with E-state index < -0.39 is 0 Å². The van der Waals surface area contributed by atoms with Crippen molar-refractivity contribution in [3.05, 3.63) is 12.3 Å². The Balaban J connectivity index is 3.86. The monoisotopic (exact) mass is 128 g/mol. The Kier molecular flexibility index (Phi) is 2.59. The molecule has 0 aromatic carbocycles. The van der Waals surface area contributed by atoms with Gasteiger partial charge in [-0.05, 0) is 6.92 Å². The smallest absolute Gasteiger partial charge is 0.157 e. The highest BCUT2D eigenvalue weighted by atomic mass is 16.1. The van der Waals surface area contributed by atoms with E-state index in [-0.39, 0.29) is 5.78 Å². The predicted octanol–water partition coefficient (Wildman–Crippen LogP) is 0.795. The van der Waals surface area contributed by atoms with Crippen LogP contribution in [0.1, 0.15) is 6.92 Å². The third-order valence-electron chi connectivity index (χ3n) is 0.756. The molecule has 0 N–H and O–H groups in total. The number of ketones is 1. The minimum atomic E-state index is 0.100. The van der Waals surface area contributed by atoms with Crippen LogP contribution >= 0.6 is 0 Å². The topological polar surface area (TPSA) is 17.1 Å². The van der Waals surface area contributed by atoms with Gasteiger partial charge in [0.05, 0.1) is 27.3 Å². The Morgan fingerprint density at radius 2 is 1.78 bits per heavy atom. The van der Waals surface area contributed by atoms with E-state index in [1.54, 1.807) is 13.0 Å². The second kappa shape index (κ2) is 2.78. The molecule has 0 saturated carbocycles. The van der Waals surface area contributed by atoms with Crippen LogP contribution in [0.25, 0.3) is 0 Å². The van der Waals surface area contributed by atoms with Crippen molar-refractivity contribution in [3.8, 4) is 0 Å². The van der Waals surface area contributed by atoms with Crippen LogP contribution in [0, 0.1) is 0 Å². The maximum absolute atomic E-state index is 10.4. The summed E-state index contributed by atoms with van der Waals surface area (Å²) in [5.74, 6) is 0.100. The molecule has 0 spiro atoms. The first kappa shape index (κ1) is 8.37. The van der Waals surface area contributed by atoms with Gasteiger partial charge in [0.25, 0.3) is 0 Å². The van der Waals surface area contributed by atoms with Gasteiger partial charge in [-0.3, -0.25) is 4.79 Å². The van der Waals surface area contributed by atoms with E-state index >= 15 is 0 Å². The van der Waals surface area contributed by atoms with Gasteiger partial charge in [-0.15, -0.1) is 0 Å². The van der Waals surface area contributed by atoms with Crippen LogP contribution in [0.5, 0.6) is 0 Å². The fraction of sp³-hybridized carbons (Fsp3) is 0.571. The van der Waals surface area contributed by atoms with Crippen molar-refractivity contribution in [2.45, 2.75) is 6.92 Å². The molecule has 0 aromatic rings. The van der Waals surface area contributed by atoms with Crippen molar-refractivity contribution in [1.29, 1.82) is 0 Å². The van der Waals surface area contributed by atoms with Gasteiger partial charge < -0.3 is 4.48 Å². The Bertz CT molecular complexity index is 130. The summed E-state index contributed by atoms with van der Waals surface area (Å²) in [4.78, 5) is 10.4. The zero-order valence-electron chi connectivity index (χ0n) is 6.51. The number of hydrogen-bond acceptors (Lipinski definition) is 1. The van der Waals surface area contributed by atoms with Crippen LogP contribution < -0.4 is 0 Å².